The van der Waals surface area contributed by atoms with Gasteiger partial charge in [-0.1, -0.05) is 35.2 Å². The summed E-state index contributed by atoms with van der Waals surface area (Å²) in [5, 5.41) is 11.3. The quantitative estimate of drug-likeness (QED) is 0.594. The van der Waals surface area contributed by atoms with Crippen molar-refractivity contribution in [3.8, 4) is 0 Å². The van der Waals surface area contributed by atoms with Crippen molar-refractivity contribution < 1.29 is 4.92 Å². The second-order valence-electron chi connectivity index (χ2n) is 5.93. The summed E-state index contributed by atoms with van der Waals surface area (Å²) in [5.74, 6) is 1.57. The van der Waals surface area contributed by atoms with Crippen LogP contribution in [0.25, 0.3) is 0 Å². The molecule has 0 N–H and O–H groups in total. The number of nitro benzene ring substituents is 1. The van der Waals surface area contributed by atoms with Crippen molar-refractivity contribution in [2.75, 3.05) is 18.0 Å². The van der Waals surface area contributed by atoms with Crippen molar-refractivity contribution in [1.29, 1.82) is 0 Å². The molecule has 1 saturated carbocycles. The molecular weight excluding hydrogens is 320 g/mol. The van der Waals surface area contributed by atoms with E-state index in [4.69, 9.17) is 0 Å². The number of hydrogen-bond donors (Lipinski definition) is 0. The maximum absolute atomic E-state index is 11.3. The largest absolute Gasteiger partial charge is 0.366 e. The van der Waals surface area contributed by atoms with E-state index in [9.17, 15) is 10.1 Å². The van der Waals surface area contributed by atoms with Crippen molar-refractivity contribution >= 4 is 27.3 Å². The Kier molecular flexibility index (Phi) is 3.96. The van der Waals surface area contributed by atoms with Crippen LogP contribution in [0, 0.1) is 22.0 Å². The molecule has 0 spiro atoms. The lowest BCUT2D eigenvalue weighted by molar-refractivity contribution is -0.384. The molecule has 1 aromatic rings. The zero-order valence-electron chi connectivity index (χ0n) is 11.4. The summed E-state index contributed by atoms with van der Waals surface area (Å²) in [6.45, 7) is 1.93. The second-order valence-corrected chi connectivity index (χ2v) is 6.85. The van der Waals surface area contributed by atoms with Gasteiger partial charge in [0.1, 0.15) is 5.69 Å². The number of nitro groups is 1. The van der Waals surface area contributed by atoms with E-state index in [0.29, 0.717) is 0 Å². The van der Waals surface area contributed by atoms with E-state index >= 15 is 0 Å². The topological polar surface area (TPSA) is 46.4 Å². The van der Waals surface area contributed by atoms with Gasteiger partial charge in [0.25, 0.3) is 5.69 Å². The Morgan fingerprint density at radius 1 is 1.20 bits per heavy atom. The molecule has 1 aliphatic carbocycles. The molecule has 1 aliphatic heterocycles. The van der Waals surface area contributed by atoms with Crippen LogP contribution < -0.4 is 4.90 Å². The van der Waals surface area contributed by atoms with E-state index in [1.807, 2.05) is 12.1 Å². The average Bonchev–Trinajstić information content (AvgIpc) is 2.46. The molecule has 5 heteroatoms. The van der Waals surface area contributed by atoms with Gasteiger partial charge in [-0.15, -0.1) is 0 Å². The molecule has 1 saturated heterocycles. The van der Waals surface area contributed by atoms with Crippen LogP contribution in [-0.2, 0) is 0 Å². The minimum atomic E-state index is -0.271. The molecule has 0 radical (unpaired) electrons. The zero-order valence-corrected chi connectivity index (χ0v) is 13.0. The average molecular weight is 339 g/mol. The SMILES string of the molecule is O=[N+]([O-])c1cc(Br)ccc1N1CCC2CCCCC2C1. The molecule has 2 unspecified atom stereocenters. The fraction of sp³-hybridized carbons (Fsp3) is 0.600. The van der Waals surface area contributed by atoms with Crippen LogP contribution in [0.15, 0.2) is 22.7 Å². The monoisotopic (exact) mass is 338 g/mol. The number of benzene rings is 1. The van der Waals surface area contributed by atoms with Crippen molar-refractivity contribution in [1.82, 2.24) is 0 Å². The lowest BCUT2D eigenvalue weighted by Crippen LogP contribution is -2.42. The van der Waals surface area contributed by atoms with Gasteiger partial charge in [-0.25, -0.2) is 0 Å². The summed E-state index contributed by atoms with van der Waals surface area (Å²) in [5.41, 5.74) is 0.996. The number of nitrogens with zero attached hydrogens (tertiary/aromatic N) is 2. The summed E-state index contributed by atoms with van der Waals surface area (Å²) in [4.78, 5) is 13.2. The molecule has 1 heterocycles. The number of anilines is 1. The first-order chi connectivity index (χ1) is 9.65. The Balaban J connectivity index is 1.84. The highest BCUT2D eigenvalue weighted by molar-refractivity contribution is 9.10. The van der Waals surface area contributed by atoms with Gasteiger partial charge < -0.3 is 4.90 Å². The van der Waals surface area contributed by atoms with E-state index in [-0.39, 0.29) is 10.6 Å². The molecule has 108 valence electrons. The molecule has 1 aromatic carbocycles. The standard InChI is InChI=1S/C15H19BrN2O2/c16-13-5-6-14(15(9-13)18(19)20)17-8-7-11-3-1-2-4-12(11)10-17/h5-6,9,11-12H,1-4,7-8,10H2. The Morgan fingerprint density at radius 2 is 1.95 bits per heavy atom. The van der Waals surface area contributed by atoms with Gasteiger partial charge in [0.2, 0.25) is 0 Å². The van der Waals surface area contributed by atoms with Crippen LogP contribution in [-0.4, -0.2) is 18.0 Å². The van der Waals surface area contributed by atoms with Gasteiger partial charge >= 0.3 is 0 Å². The van der Waals surface area contributed by atoms with Gasteiger partial charge in [-0.3, -0.25) is 10.1 Å². The van der Waals surface area contributed by atoms with Crippen molar-refractivity contribution in [2.24, 2.45) is 11.8 Å². The summed E-state index contributed by atoms with van der Waals surface area (Å²) in [6.07, 6.45) is 6.49. The summed E-state index contributed by atoms with van der Waals surface area (Å²) >= 11 is 3.32. The van der Waals surface area contributed by atoms with Crippen molar-refractivity contribution in [3.05, 3.63) is 32.8 Å². The fourth-order valence-corrected chi connectivity index (χ4v) is 4.08. The number of halogens is 1. The lowest BCUT2D eigenvalue weighted by atomic mass is 9.75. The molecular formula is C15H19BrN2O2. The fourth-order valence-electron chi connectivity index (χ4n) is 3.73. The van der Waals surface area contributed by atoms with Gasteiger partial charge in [-0.05, 0) is 36.8 Å². The molecule has 20 heavy (non-hydrogen) atoms. The van der Waals surface area contributed by atoms with Gasteiger partial charge in [-0.2, -0.15) is 0 Å². The van der Waals surface area contributed by atoms with Gasteiger partial charge in [0.15, 0.2) is 0 Å². The van der Waals surface area contributed by atoms with Crippen LogP contribution >= 0.6 is 15.9 Å². The number of piperidine rings is 1. The number of hydrogen-bond acceptors (Lipinski definition) is 3. The number of fused-ring (bicyclic) bond motifs is 1. The summed E-state index contributed by atoms with van der Waals surface area (Å²) in [6, 6.07) is 5.39. The highest BCUT2D eigenvalue weighted by Gasteiger charge is 2.33. The van der Waals surface area contributed by atoms with E-state index < -0.39 is 0 Å². The van der Waals surface area contributed by atoms with E-state index in [2.05, 4.69) is 20.8 Å². The van der Waals surface area contributed by atoms with E-state index in [1.54, 1.807) is 6.07 Å². The minimum absolute atomic E-state index is 0.216. The predicted octanol–water partition coefficient (Wildman–Crippen LogP) is 4.37. The van der Waals surface area contributed by atoms with Gasteiger partial charge in [0, 0.05) is 23.6 Å². The maximum atomic E-state index is 11.3. The van der Waals surface area contributed by atoms with Crippen molar-refractivity contribution in [2.45, 2.75) is 32.1 Å². The first-order valence-electron chi connectivity index (χ1n) is 7.34. The Morgan fingerprint density at radius 3 is 2.70 bits per heavy atom. The molecule has 0 aromatic heterocycles. The highest BCUT2D eigenvalue weighted by atomic mass is 79.9. The third kappa shape index (κ3) is 2.68. The molecule has 2 fully saturated rings. The summed E-state index contributed by atoms with van der Waals surface area (Å²) in [7, 11) is 0. The second kappa shape index (κ2) is 5.72. The molecule has 2 atom stereocenters. The number of rotatable bonds is 2. The van der Waals surface area contributed by atoms with Crippen LogP contribution in [0.4, 0.5) is 11.4 Å². The Bertz CT molecular complexity index is 521. The molecule has 4 nitrogen and oxygen atoms in total. The Labute approximate surface area is 127 Å². The van der Waals surface area contributed by atoms with Crippen LogP contribution in [0.3, 0.4) is 0 Å². The first-order valence-corrected chi connectivity index (χ1v) is 8.13. The van der Waals surface area contributed by atoms with Gasteiger partial charge in [0.05, 0.1) is 4.92 Å². The van der Waals surface area contributed by atoms with Crippen LogP contribution in [0.2, 0.25) is 0 Å². The van der Waals surface area contributed by atoms with E-state index in [0.717, 1.165) is 35.1 Å². The van der Waals surface area contributed by atoms with Crippen LogP contribution in [0.5, 0.6) is 0 Å². The lowest BCUT2D eigenvalue weighted by Gasteiger charge is -2.42. The van der Waals surface area contributed by atoms with E-state index in [1.165, 1.54) is 32.1 Å². The normalized spacial score (nSPS) is 26.1. The smallest absolute Gasteiger partial charge is 0.293 e. The Hall–Kier alpha value is -1.10. The first kappa shape index (κ1) is 13.9. The molecule has 3 rings (SSSR count). The molecule has 0 bridgehead atoms. The zero-order chi connectivity index (χ0) is 14.1. The van der Waals surface area contributed by atoms with Crippen LogP contribution in [0.1, 0.15) is 32.1 Å². The minimum Gasteiger partial charge on any atom is -0.366 e. The summed E-state index contributed by atoms with van der Waals surface area (Å²) < 4.78 is 0.764. The molecule has 0 amide bonds. The maximum Gasteiger partial charge on any atom is 0.293 e. The molecule has 2 aliphatic rings. The predicted molar refractivity (Wildman–Crippen MR) is 83.1 cm³/mol. The third-order valence-electron chi connectivity index (χ3n) is 4.77. The third-order valence-corrected chi connectivity index (χ3v) is 5.26. The highest BCUT2D eigenvalue weighted by Crippen LogP contribution is 2.40. The van der Waals surface area contributed by atoms with Crippen molar-refractivity contribution in [3.63, 3.8) is 0 Å².